The third kappa shape index (κ3) is 4.28. The zero-order valence-corrected chi connectivity index (χ0v) is 15.9. The van der Waals surface area contributed by atoms with E-state index < -0.39 is 10.2 Å². The standard InChI is InChI=1S/C19H24FN3O2S/c1-22(2)26(24,25)23-10-4-6-17(14-23)19-9-8-16(13-21-19)11-15-5-3-7-18(20)12-15/h3,5,7-9,12-13,17H,4,6,10-11,14H2,1-2H3/t17-/m0/s1. The number of hydrogen-bond acceptors (Lipinski definition) is 3. The van der Waals surface area contributed by atoms with Gasteiger partial charge in [0, 0.05) is 45.0 Å². The van der Waals surface area contributed by atoms with Crippen LogP contribution in [-0.4, -0.2) is 49.2 Å². The van der Waals surface area contributed by atoms with Gasteiger partial charge in [0.15, 0.2) is 0 Å². The number of pyridine rings is 1. The summed E-state index contributed by atoms with van der Waals surface area (Å²) in [5, 5.41) is 0. The zero-order chi connectivity index (χ0) is 18.7. The molecule has 1 aromatic heterocycles. The number of hydrogen-bond donors (Lipinski definition) is 0. The predicted molar refractivity (Wildman–Crippen MR) is 99.6 cm³/mol. The Morgan fingerprint density at radius 2 is 2.04 bits per heavy atom. The summed E-state index contributed by atoms with van der Waals surface area (Å²) >= 11 is 0. The van der Waals surface area contributed by atoms with E-state index in [1.807, 2.05) is 18.2 Å². The largest absolute Gasteiger partial charge is 0.281 e. The Morgan fingerprint density at radius 1 is 1.23 bits per heavy atom. The first kappa shape index (κ1) is 18.9. The molecule has 1 fully saturated rings. The molecule has 1 atom stereocenters. The fraction of sp³-hybridized carbons (Fsp3) is 0.421. The Hall–Kier alpha value is -1.83. The number of rotatable bonds is 5. The van der Waals surface area contributed by atoms with E-state index in [4.69, 9.17) is 0 Å². The molecule has 140 valence electrons. The molecule has 0 spiro atoms. The van der Waals surface area contributed by atoms with Gasteiger partial charge in [-0.1, -0.05) is 18.2 Å². The molecular formula is C19H24FN3O2S. The molecule has 5 nitrogen and oxygen atoms in total. The fourth-order valence-electron chi connectivity index (χ4n) is 3.29. The minimum absolute atomic E-state index is 0.0988. The minimum Gasteiger partial charge on any atom is -0.261 e. The molecule has 1 saturated heterocycles. The molecule has 0 amide bonds. The van der Waals surface area contributed by atoms with Gasteiger partial charge in [-0.15, -0.1) is 0 Å². The molecule has 0 aliphatic carbocycles. The van der Waals surface area contributed by atoms with Crippen molar-refractivity contribution >= 4 is 10.2 Å². The van der Waals surface area contributed by atoms with E-state index >= 15 is 0 Å². The van der Waals surface area contributed by atoms with Crippen molar-refractivity contribution in [3.05, 3.63) is 65.2 Å². The monoisotopic (exact) mass is 377 g/mol. The van der Waals surface area contributed by atoms with Gasteiger partial charge in [0.25, 0.3) is 10.2 Å². The average Bonchev–Trinajstić information content (AvgIpc) is 2.62. The molecule has 0 radical (unpaired) electrons. The number of benzene rings is 1. The third-order valence-electron chi connectivity index (χ3n) is 4.74. The van der Waals surface area contributed by atoms with Crippen LogP contribution in [0.3, 0.4) is 0 Å². The van der Waals surface area contributed by atoms with E-state index in [0.717, 1.165) is 29.7 Å². The van der Waals surface area contributed by atoms with Crippen molar-refractivity contribution in [2.24, 2.45) is 0 Å². The van der Waals surface area contributed by atoms with Gasteiger partial charge in [-0.05, 0) is 48.6 Å². The van der Waals surface area contributed by atoms with Crippen LogP contribution in [0.15, 0.2) is 42.6 Å². The molecule has 0 saturated carbocycles. The van der Waals surface area contributed by atoms with Crippen LogP contribution >= 0.6 is 0 Å². The first-order chi connectivity index (χ1) is 12.4. The van der Waals surface area contributed by atoms with Gasteiger partial charge in [0.1, 0.15) is 5.82 Å². The molecule has 0 bridgehead atoms. The van der Waals surface area contributed by atoms with Gasteiger partial charge in [-0.25, -0.2) is 4.39 Å². The second-order valence-electron chi connectivity index (χ2n) is 6.89. The highest BCUT2D eigenvalue weighted by atomic mass is 32.2. The van der Waals surface area contributed by atoms with Gasteiger partial charge in [0.2, 0.25) is 0 Å². The van der Waals surface area contributed by atoms with Gasteiger partial charge in [-0.2, -0.15) is 17.0 Å². The quantitative estimate of drug-likeness (QED) is 0.805. The highest BCUT2D eigenvalue weighted by Crippen LogP contribution is 2.27. The van der Waals surface area contributed by atoms with Crippen LogP contribution < -0.4 is 0 Å². The topological polar surface area (TPSA) is 53.5 Å². The number of piperidine rings is 1. The molecule has 1 aliphatic heterocycles. The van der Waals surface area contributed by atoms with Crippen LogP contribution in [0.5, 0.6) is 0 Å². The zero-order valence-electron chi connectivity index (χ0n) is 15.1. The molecule has 3 rings (SSSR count). The SMILES string of the molecule is CN(C)S(=O)(=O)N1CCC[C@H](c2ccc(Cc3cccc(F)c3)cn2)C1. The first-order valence-electron chi connectivity index (χ1n) is 8.73. The van der Waals surface area contributed by atoms with Crippen molar-refractivity contribution in [1.82, 2.24) is 13.6 Å². The van der Waals surface area contributed by atoms with E-state index in [-0.39, 0.29) is 11.7 Å². The van der Waals surface area contributed by atoms with Gasteiger partial charge in [0.05, 0.1) is 0 Å². The summed E-state index contributed by atoms with van der Waals surface area (Å²) in [6, 6.07) is 10.5. The van der Waals surface area contributed by atoms with Crippen molar-refractivity contribution in [1.29, 1.82) is 0 Å². The van der Waals surface area contributed by atoms with E-state index in [2.05, 4.69) is 4.98 Å². The van der Waals surface area contributed by atoms with Crippen LogP contribution in [0, 0.1) is 5.82 Å². The van der Waals surface area contributed by atoms with Crippen molar-refractivity contribution in [2.45, 2.75) is 25.2 Å². The molecule has 2 heterocycles. The second-order valence-corrected chi connectivity index (χ2v) is 9.03. The van der Waals surface area contributed by atoms with Crippen LogP contribution in [0.2, 0.25) is 0 Å². The maximum atomic E-state index is 13.3. The Bertz CT molecular complexity index is 853. The van der Waals surface area contributed by atoms with Gasteiger partial charge < -0.3 is 0 Å². The summed E-state index contributed by atoms with van der Waals surface area (Å²) < 4.78 is 40.8. The van der Waals surface area contributed by atoms with Crippen LogP contribution in [-0.2, 0) is 16.6 Å². The first-order valence-corrected chi connectivity index (χ1v) is 10.1. The number of halogens is 1. The van der Waals surface area contributed by atoms with E-state index in [9.17, 15) is 12.8 Å². The predicted octanol–water partition coefficient (Wildman–Crippen LogP) is 2.80. The average molecular weight is 377 g/mol. The lowest BCUT2D eigenvalue weighted by atomic mass is 9.95. The summed E-state index contributed by atoms with van der Waals surface area (Å²) in [6.07, 6.45) is 4.18. The Balaban J connectivity index is 1.70. The summed E-state index contributed by atoms with van der Waals surface area (Å²) in [6.45, 7) is 1.01. The Kier molecular flexibility index (Phi) is 5.70. The second kappa shape index (κ2) is 7.82. The lowest BCUT2D eigenvalue weighted by molar-refractivity contribution is 0.296. The highest BCUT2D eigenvalue weighted by molar-refractivity contribution is 7.86. The maximum absolute atomic E-state index is 13.3. The Labute approximate surface area is 154 Å². The smallest absolute Gasteiger partial charge is 0.261 e. The molecule has 0 N–H and O–H groups in total. The van der Waals surface area contributed by atoms with Crippen molar-refractivity contribution in [3.63, 3.8) is 0 Å². The summed E-state index contributed by atoms with van der Waals surface area (Å²) in [4.78, 5) is 4.55. The van der Waals surface area contributed by atoms with E-state index in [1.54, 1.807) is 26.4 Å². The van der Waals surface area contributed by atoms with E-state index in [1.165, 1.54) is 20.7 Å². The van der Waals surface area contributed by atoms with Crippen molar-refractivity contribution < 1.29 is 12.8 Å². The van der Waals surface area contributed by atoms with E-state index in [0.29, 0.717) is 19.5 Å². The normalized spacial score (nSPS) is 19.0. The molecule has 1 aromatic carbocycles. The van der Waals surface area contributed by atoms with Gasteiger partial charge in [-0.3, -0.25) is 4.98 Å². The van der Waals surface area contributed by atoms with Crippen molar-refractivity contribution in [3.8, 4) is 0 Å². The molecule has 2 aromatic rings. The molecular weight excluding hydrogens is 353 g/mol. The lowest BCUT2D eigenvalue weighted by Gasteiger charge is -2.33. The summed E-state index contributed by atoms with van der Waals surface area (Å²) in [5.74, 6) is -0.141. The highest BCUT2D eigenvalue weighted by Gasteiger charge is 2.31. The van der Waals surface area contributed by atoms with Crippen LogP contribution in [0.25, 0.3) is 0 Å². The molecule has 26 heavy (non-hydrogen) atoms. The maximum Gasteiger partial charge on any atom is 0.281 e. The Morgan fingerprint density at radius 3 is 2.69 bits per heavy atom. The minimum atomic E-state index is -3.39. The molecule has 1 aliphatic rings. The van der Waals surface area contributed by atoms with Crippen LogP contribution in [0.4, 0.5) is 4.39 Å². The number of nitrogens with zero attached hydrogens (tertiary/aromatic N) is 3. The third-order valence-corrected chi connectivity index (χ3v) is 6.64. The summed E-state index contributed by atoms with van der Waals surface area (Å²) in [5.41, 5.74) is 2.82. The summed E-state index contributed by atoms with van der Waals surface area (Å²) in [7, 11) is -0.282. The van der Waals surface area contributed by atoms with Gasteiger partial charge >= 0.3 is 0 Å². The lowest BCUT2D eigenvalue weighted by Crippen LogP contribution is -2.45. The molecule has 0 unspecified atom stereocenters. The van der Waals surface area contributed by atoms with Crippen molar-refractivity contribution in [2.75, 3.05) is 27.2 Å². The number of aromatic nitrogens is 1. The fourth-order valence-corrected chi connectivity index (χ4v) is 4.48. The van der Waals surface area contributed by atoms with Crippen LogP contribution in [0.1, 0.15) is 35.6 Å². The molecule has 7 heteroatoms.